The molecule has 0 aliphatic rings. The van der Waals surface area contributed by atoms with Gasteiger partial charge in [-0.3, -0.25) is 4.79 Å². The van der Waals surface area contributed by atoms with Gasteiger partial charge < -0.3 is 11.1 Å². The van der Waals surface area contributed by atoms with E-state index in [1.807, 2.05) is 61.5 Å². The van der Waals surface area contributed by atoms with Crippen LogP contribution in [0.5, 0.6) is 0 Å². The van der Waals surface area contributed by atoms with Crippen LogP contribution in [0.15, 0.2) is 64.2 Å². The van der Waals surface area contributed by atoms with E-state index in [-0.39, 0.29) is 29.7 Å². The predicted molar refractivity (Wildman–Crippen MR) is 94.6 cm³/mol. The van der Waals surface area contributed by atoms with Crippen LogP contribution in [-0.4, -0.2) is 22.1 Å². The van der Waals surface area contributed by atoms with E-state index in [2.05, 4.69) is 20.6 Å². The van der Waals surface area contributed by atoms with E-state index >= 15 is 0 Å². The van der Waals surface area contributed by atoms with Gasteiger partial charge >= 0.3 is 0 Å². The number of anilines is 1. The third-order valence-corrected chi connectivity index (χ3v) is 3.45. The molecular weight excluding hydrogens is 318 g/mol. The molecule has 1 heterocycles. The minimum atomic E-state index is -0.244. The second-order valence-corrected chi connectivity index (χ2v) is 5.51. The zero-order valence-corrected chi connectivity index (χ0v) is 13.6. The Bertz CT molecular complexity index is 903. The van der Waals surface area contributed by atoms with Crippen molar-refractivity contribution < 1.29 is 9.42 Å². The first-order chi connectivity index (χ1) is 12.1. The maximum Gasteiger partial charge on any atom is 0.230 e. The summed E-state index contributed by atoms with van der Waals surface area (Å²) in [6.07, 6.45) is 0.210. The number of nitrogens with zero attached hydrogens (tertiary/aromatic N) is 3. The van der Waals surface area contributed by atoms with Gasteiger partial charge in [0.2, 0.25) is 11.7 Å². The number of rotatable bonds is 5. The molecule has 7 heteroatoms. The molecule has 0 spiro atoms. The summed E-state index contributed by atoms with van der Waals surface area (Å²) in [5.41, 5.74) is 8.81. The number of nitrogens with two attached hydrogens (primary N) is 1. The molecule has 0 fully saturated rings. The summed E-state index contributed by atoms with van der Waals surface area (Å²) in [4.78, 5) is 16.5. The lowest BCUT2D eigenvalue weighted by molar-refractivity contribution is -0.115. The second kappa shape index (κ2) is 7.39. The number of aliphatic imine (C=N–C) groups is 1. The molecule has 0 bridgehead atoms. The van der Waals surface area contributed by atoms with E-state index in [0.717, 1.165) is 11.1 Å². The van der Waals surface area contributed by atoms with Gasteiger partial charge in [-0.2, -0.15) is 0 Å². The van der Waals surface area contributed by atoms with E-state index in [4.69, 9.17) is 10.4 Å². The third-order valence-electron chi connectivity index (χ3n) is 3.45. The Balaban J connectivity index is 1.75. The zero-order valence-electron chi connectivity index (χ0n) is 13.6. The maximum atomic E-state index is 12.2. The molecular formula is C18H17N5O2. The molecule has 0 aliphatic heterocycles. The lowest BCUT2D eigenvalue weighted by atomic mass is 10.1. The number of benzene rings is 2. The van der Waals surface area contributed by atoms with Crippen molar-refractivity contribution in [2.24, 2.45) is 10.7 Å². The van der Waals surface area contributed by atoms with Crippen molar-refractivity contribution >= 4 is 23.2 Å². The fourth-order valence-electron chi connectivity index (χ4n) is 2.29. The van der Waals surface area contributed by atoms with Crippen LogP contribution in [0.25, 0.3) is 0 Å². The van der Waals surface area contributed by atoms with Crippen LogP contribution >= 0.6 is 0 Å². The van der Waals surface area contributed by atoms with Gasteiger partial charge in [0.25, 0.3) is 0 Å². The smallest absolute Gasteiger partial charge is 0.230 e. The molecule has 7 nitrogen and oxygen atoms in total. The van der Waals surface area contributed by atoms with Crippen LogP contribution in [-0.2, 0) is 11.2 Å². The van der Waals surface area contributed by atoms with Gasteiger partial charge in [0.05, 0.1) is 12.1 Å². The zero-order chi connectivity index (χ0) is 17.6. The number of nitrogens with one attached hydrogen (secondary N) is 1. The highest BCUT2D eigenvalue weighted by Gasteiger charge is 2.16. The topological polar surface area (TPSA) is 106 Å². The van der Waals surface area contributed by atoms with Crippen molar-refractivity contribution in [2.75, 3.05) is 5.32 Å². The Hall–Kier alpha value is -3.48. The third kappa shape index (κ3) is 4.29. The van der Waals surface area contributed by atoms with E-state index in [1.165, 1.54) is 0 Å². The lowest BCUT2D eigenvalue weighted by Gasteiger charge is -2.03. The molecule has 3 aromatic rings. The van der Waals surface area contributed by atoms with Crippen molar-refractivity contribution in [1.29, 1.82) is 0 Å². The highest BCUT2D eigenvalue weighted by atomic mass is 16.6. The number of carbonyl (C=O) groups excluding carboxylic acids is 1. The summed E-state index contributed by atoms with van der Waals surface area (Å²) in [6.45, 7) is 1.96. The molecule has 0 aliphatic carbocycles. The number of hydrogen-bond donors (Lipinski definition) is 2. The van der Waals surface area contributed by atoms with Gasteiger partial charge in [0.15, 0.2) is 11.5 Å². The fourth-order valence-corrected chi connectivity index (χ4v) is 2.29. The quantitative estimate of drug-likeness (QED) is 0.550. The molecule has 25 heavy (non-hydrogen) atoms. The molecule has 2 aromatic carbocycles. The SMILES string of the molecule is Cc1cccc(N=C(N)c2nonc2NC(=O)Cc2ccccc2)c1. The molecule has 126 valence electrons. The Morgan fingerprint density at radius 1 is 1.16 bits per heavy atom. The number of hydrogen-bond acceptors (Lipinski definition) is 5. The van der Waals surface area contributed by atoms with Crippen molar-refractivity contribution in [3.63, 3.8) is 0 Å². The molecule has 1 amide bonds. The van der Waals surface area contributed by atoms with Gasteiger partial charge in [0, 0.05) is 0 Å². The van der Waals surface area contributed by atoms with Crippen molar-refractivity contribution in [2.45, 2.75) is 13.3 Å². The number of amides is 1. The molecule has 0 saturated carbocycles. The van der Waals surface area contributed by atoms with Crippen LogP contribution in [0.2, 0.25) is 0 Å². The summed E-state index contributed by atoms with van der Waals surface area (Å²) in [7, 11) is 0. The monoisotopic (exact) mass is 335 g/mol. The Morgan fingerprint density at radius 3 is 2.72 bits per heavy atom. The Kier molecular flexibility index (Phi) is 4.84. The highest BCUT2D eigenvalue weighted by Crippen LogP contribution is 2.16. The van der Waals surface area contributed by atoms with Gasteiger partial charge in [-0.1, -0.05) is 42.5 Å². The Morgan fingerprint density at radius 2 is 1.96 bits per heavy atom. The van der Waals surface area contributed by atoms with Gasteiger partial charge in [-0.15, -0.1) is 0 Å². The first-order valence-electron chi connectivity index (χ1n) is 7.69. The summed E-state index contributed by atoms with van der Waals surface area (Å²) in [6, 6.07) is 16.9. The van der Waals surface area contributed by atoms with Crippen LogP contribution in [0.4, 0.5) is 11.5 Å². The number of aromatic nitrogens is 2. The summed E-state index contributed by atoms with van der Waals surface area (Å²) in [5.74, 6) is 0.0169. The largest absolute Gasteiger partial charge is 0.382 e. The minimum Gasteiger partial charge on any atom is -0.382 e. The first-order valence-corrected chi connectivity index (χ1v) is 7.69. The average Bonchev–Trinajstić information content (AvgIpc) is 3.04. The standard InChI is InChI=1S/C18H17N5O2/c1-12-6-5-9-14(10-12)20-17(19)16-18(23-25-22-16)21-15(24)11-13-7-3-2-4-8-13/h2-10H,11H2,1H3,(H2,19,20)(H,21,23,24). The lowest BCUT2D eigenvalue weighted by Crippen LogP contribution is -2.20. The first kappa shape index (κ1) is 16.4. The second-order valence-electron chi connectivity index (χ2n) is 5.51. The highest BCUT2D eigenvalue weighted by molar-refractivity contribution is 6.04. The van der Waals surface area contributed by atoms with Crippen molar-refractivity contribution in [3.8, 4) is 0 Å². The van der Waals surface area contributed by atoms with Crippen LogP contribution in [0.1, 0.15) is 16.8 Å². The van der Waals surface area contributed by atoms with Crippen LogP contribution in [0, 0.1) is 6.92 Å². The number of carbonyl (C=O) groups is 1. The average molecular weight is 335 g/mol. The van der Waals surface area contributed by atoms with Crippen LogP contribution < -0.4 is 11.1 Å². The molecule has 3 rings (SSSR count). The maximum absolute atomic E-state index is 12.2. The van der Waals surface area contributed by atoms with Gasteiger partial charge in [-0.05, 0) is 40.5 Å². The molecule has 1 aromatic heterocycles. The summed E-state index contributed by atoms with van der Waals surface area (Å²) < 4.78 is 4.70. The molecule has 0 saturated heterocycles. The summed E-state index contributed by atoms with van der Waals surface area (Å²) >= 11 is 0. The van der Waals surface area contributed by atoms with E-state index in [9.17, 15) is 4.79 Å². The van der Waals surface area contributed by atoms with E-state index in [1.54, 1.807) is 0 Å². The van der Waals surface area contributed by atoms with Gasteiger partial charge in [-0.25, -0.2) is 9.62 Å². The normalized spacial score (nSPS) is 11.3. The molecule has 0 atom stereocenters. The van der Waals surface area contributed by atoms with Gasteiger partial charge in [0.1, 0.15) is 0 Å². The minimum absolute atomic E-state index is 0.113. The molecule has 3 N–H and O–H groups in total. The molecule has 0 unspecified atom stereocenters. The summed E-state index contributed by atoms with van der Waals surface area (Å²) in [5, 5.41) is 10.1. The fraction of sp³-hybridized carbons (Fsp3) is 0.111. The number of amidine groups is 1. The molecule has 0 radical (unpaired) electrons. The van der Waals surface area contributed by atoms with E-state index in [0.29, 0.717) is 5.69 Å². The van der Waals surface area contributed by atoms with Crippen molar-refractivity contribution in [1.82, 2.24) is 10.3 Å². The van der Waals surface area contributed by atoms with Crippen molar-refractivity contribution in [3.05, 3.63) is 71.4 Å². The van der Waals surface area contributed by atoms with E-state index < -0.39 is 0 Å². The van der Waals surface area contributed by atoms with Crippen LogP contribution in [0.3, 0.4) is 0 Å². The Labute approximate surface area is 144 Å². The predicted octanol–water partition coefficient (Wildman–Crippen LogP) is 2.60. The number of aryl methyl sites for hydroxylation is 1.